The number of aromatic nitrogens is 2. The number of carbonyl (C=O) groups excluding carboxylic acids is 3. The third kappa shape index (κ3) is 3.52. The van der Waals surface area contributed by atoms with Crippen LogP contribution in [0.3, 0.4) is 0 Å². The van der Waals surface area contributed by atoms with E-state index in [0.717, 1.165) is 9.78 Å². The zero-order valence-electron chi connectivity index (χ0n) is 14.7. The van der Waals surface area contributed by atoms with Crippen LogP contribution in [0.1, 0.15) is 33.5 Å². The van der Waals surface area contributed by atoms with Gasteiger partial charge in [-0.15, -0.1) is 11.3 Å². The fourth-order valence-electron chi connectivity index (χ4n) is 2.78. The highest BCUT2D eigenvalue weighted by Crippen LogP contribution is 2.32. The van der Waals surface area contributed by atoms with E-state index in [0.29, 0.717) is 5.82 Å². The van der Waals surface area contributed by atoms with Crippen LogP contribution in [0.15, 0.2) is 34.2 Å². The molecule has 3 heterocycles. The van der Waals surface area contributed by atoms with Gasteiger partial charge in [-0.05, 0) is 30.5 Å². The van der Waals surface area contributed by atoms with Gasteiger partial charge < -0.3 is 9.26 Å². The maximum Gasteiger partial charge on any atom is 0.329 e. The molecule has 0 saturated heterocycles. The Morgan fingerprint density at radius 2 is 1.90 bits per heavy atom. The molecule has 2 aromatic heterocycles. The Hall–Kier alpha value is -2.75. The lowest BCUT2D eigenvalue weighted by Gasteiger charge is -2.20. The lowest BCUT2D eigenvalue weighted by Crippen LogP contribution is -2.43. The monoisotopic (exact) mass is 451 g/mol. The van der Waals surface area contributed by atoms with Crippen LogP contribution in [0.4, 0.5) is 0 Å². The number of hydrogen-bond acceptors (Lipinski definition) is 8. The number of ether oxygens (including phenoxy) is 1. The summed E-state index contributed by atoms with van der Waals surface area (Å²) >= 11 is 13.3. The largest absolute Gasteiger partial charge is 0.454 e. The number of benzene rings is 1. The second kappa shape index (κ2) is 7.58. The van der Waals surface area contributed by atoms with Gasteiger partial charge in [0.15, 0.2) is 6.61 Å². The zero-order chi connectivity index (χ0) is 20.7. The molecule has 0 radical (unpaired) electrons. The number of hydrogen-bond donors (Lipinski definition) is 0. The minimum atomic E-state index is -1.17. The summed E-state index contributed by atoms with van der Waals surface area (Å²) in [5, 5.41) is 5.97. The second-order valence-electron chi connectivity index (χ2n) is 6.06. The highest BCUT2D eigenvalue weighted by Gasteiger charge is 2.42. The van der Waals surface area contributed by atoms with Gasteiger partial charge in [-0.25, -0.2) is 4.79 Å². The van der Waals surface area contributed by atoms with Crippen molar-refractivity contribution in [1.29, 1.82) is 0 Å². The first-order valence-corrected chi connectivity index (χ1v) is 9.90. The molecular weight excluding hydrogens is 441 g/mol. The Morgan fingerprint density at radius 3 is 2.48 bits per heavy atom. The number of fused-ring (bicyclic) bond motifs is 1. The lowest BCUT2D eigenvalue weighted by atomic mass is 10.1. The van der Waals surface area contributed by atoms with E-state index in [9.17, 15) is 14.4 Å². The standard InChI is InChI=1S/C18H11Cl2N3O5S/c1-8(23-16(24)9-5-11(19)12(20)6-10(9)17(23)25)18(26)27-7-14-21-15(22-28-14)13-3-2-4-29-13/h2-6,8H,7H2,1H3/t8-/m0/s1. The van der Waals surface area contributed by atoms with Crippen molar-refractivity contribution in [2.75, 3.05) is 0 Å². The molecule has 0 spiro atoms. The topological polar surface area (TPSA) is 103 Å². The average molecular weight is 452 g/mol. The second-order valence-corrected chi connectivity index (χ2v) is 7.83. The van der Waals surface area contributed by atoms with Crippen molar-refractivity contribution in [3.05, 3.63) is 56.7 Å². The molecule has 1 aliphatic rings. The molecule has 11 heteroatoms. The summed E-state index contributed by atoms with van der Waals surface area (Å²) in [5.41, 5.74) is 0.170. The summed E-state index contributed by atoms with van der Waals surface area (Å²) in [6.07, 6.45) is 0. The van der Waals surface area contributed by atoms with Crippen LogP contribution in [0.5, 0.6) is 0 Å². The van der Waals surface area contributed by atoms with E-state index in [1.54, 1.807) is 0 Å². The Balaban J connectivity index is 1.44. The minimum absolute atomic E-state index is 0.0848. The van der Waals surface area contributed by atoms with E-state index < -0.39 is 23.8 Å². The summed E-state index contributed by atoms with van der Waals surface area (Å²) in [5.74, 6) is -1.62. The Labute approximate surface area is 178 Å². The normalized spacial score (nSPS) is 14.2. The first-order valence-electron chi connectivity index (χ1n) is 8.27. The molecule has 4 rings (SSSR count). The first-order chi connectivity index (χ1) is 13.9. The van der Waals surface area contributed by atoms with Gasteiger partial charge in [-0.3, -0.25) is 14.5 Å². The molecule has 0 fully saturated rings. The van der Waals surface area contributed by atoms with Crippen molar-refractivity contribution < 1.29 is 23.6 Å². The van der Waals surface area contributed by atoms with Gasteiger partial charge in [0, 0.05) is 0 Å². The number of esters is 1. The van der Waals surface area contributed by atoms with Crippen LogP contribution in [-0.2, 0) is 16.1 Å². The van der Waals surface area contributed by atoms with Crippen LogP contribution >= 0.6 is 34.5 Å². The van der Waals surface area contributed by atoms with Gasteiger partial charge in [-0.2, -0.15) is 4.98 Å². The fourth-order valence-corrected chi connectivity index (χ4v) is 3.76. The van der Waals surface area contributed by atoms with Crippen LogP contribution < -0.4 is 0 Å². The third-order valence-corrected chi connectivity index (χ3v) is 5.82. The molecular formula is C18H11Cl2N3O5S. The number of imide groups is 1. The van der Waals surface area contributed by atoms with Crippen molar-refractivity contribution in [2.24, 2.45) is 0 Å². The molecule has 0 N–H and O–H groups in total. The van der Waals surface area contributed by atoms with E-state index in [-0.39, 0.29) is 33.7 Å². The van der Waals surface area contributed by atoms with E-state index in [1.807, 2.05) is 17.5 Å². The number of nitrogens with zero attached hydrogens (tertiary/aromatic N) is 3. The molecule has 0 saturated carbocycles. The molecule has 8 nitrogen and oxygen atoms in total. The fraction of sp³-hybridized carbons (Fsp3) is 0.167. The first kappa shape index (κ1) is 19.6. The summed E-state index contributed by atoms with van der Waals surface area (Å²) in [6.45, 7) is 1.10. The molecule has 0 bridgehead atoms. The summed E-state index contributed by atoms with van der Waals surface area (Å²) < 4.78 is 10.2. The molecule has 1 aliphatic heterocycles. The quantitative estimate of drug-likeness (QED) is 0.428. The minimum Gasteiger partial charge on any atom is -0.454 e. The van der Waals surface area contributed by atoms with Crippen LogP contribution in [0.25, 0.3) is 10.7 Å². The van der Waals surface area contributed by atoms with Crippen molar-refractivity contribution in [1.82, 2.24) is 15.0 Å². The Kier molecular flexibility index (Phi) is 5.12. The number of thiophene rings is 1. The average Bonchev–Trinajstić information content (AvgIpc) is 3.42. The predicted octanol–water partition coefficient (Wildman–Crippen LogP) is 3.83. The van der Waals surface area contributed by atoms with Crippen molar-refractivity contribution in [3.63, 3.8) is 0 Å². The highest BCUT2D eigenvalue weighted by atomic mass is 35.5. The lowest BCUT2D eigenvalue weighted by molar-refractivity contribution is -0.149. The van der Waals surface area contributed by atoms with Crippen LogP contribution in [0.2, 0.25) is 10.0 Å². The molecule has 1 atom stereocenters. The molecule has 1 aromatic carbocycles. The van der Waals surface area contributed by atoms with Gasteiger partial charge in [0.25, 0.3) is 17.7 Å². The number of carbonyl (C=O) groups is 3. The van der Waals surface area contributed by atoms with Crippen molar-refractivity contribution >= 4 is 52.3 Å². The SMILES string of the molecule is C[C@@H](C(=O)OCc1nc(-c2cccs2)no1)N1C(=O)c2cc(Cl)c(Cl)cc2C1=O. The smallest absolute Gasteiger partial charge is 0.329 e. The number of halogens is 2. The molecule has 0 aliphatic carbocycles. The summed E-state index contributed by atoms with van der Waals surface area (Å²) in [6, 6.07) is 5.12. The van der Waals surface area contributed by atoms with E-state index in [4.69, 9.17) is 32.5 Å². The van der Waals surface area contributed by atoms with Crippen molar-refractivity contribution in [2.45, 2.75) is 19.6 Å². The molecule has 3 aromatic rings. The van der Waals surface area contributed by atoms with E-state index in [1.165, 1.54) is 30.4 Å². The third-order valence-electron chi connectivity index (χ3n) is 4.23. The summed E-state index contributed by atoms with van der Waals surface area (Å²) in [7, 11) is 0. The Bertz CT molecular complexity index is 1090. The number of amides is 2. The van der Waals surface area contributed by atoms with Gasteiger partial charge in [0.2, 0.25) is 5.82 Å². The number of rotatable bonds is 5. The van der Waals surface area contributed by atoms with Gasteiger partial charge in [-0.1, -0.05) is 34.4 Å². The highest BCUT2D eigenvalue weighted by molar-refractivity contribution is 7.13. The maximum atomic E-state index is 12.6. The summed E-state index contributed by atoms with van der Waals surface area (Å²) in [4.78, 5) is 43.3. The van der Waals surface area contributed by atoms with Gasteiger partial charge in [0.05, 0.1) is 26.0 Å². The molecule has 29 heavy (non-hydrogen) atoms. The van der Waals surface area contributed by atoms with E-state index in [2.05, 4.69) is 10.1 Å². The van der Waals surface area contributed by atoms with Gasteiger partial charge in [0.1, 0.15) is 6.04 Å². The molecule has 2 amide bonds. The predicted molar refractivity (Wildman–Crippen MR) is 104 cm³/mol. The van der Waals surface area contributed by atoms with Crippen LogP contribution in [0, 0.1) is 0 Å². The van der Waals surface area contributed by atoms with Crippen molar-refractivity contribution in [3.8, 4) is 10.7 Å². The zero-order valence-corrected chi connectivity index (χ0v) is 17.0. The molecule has 148 valence electrons. The van der Waals surface area contributed by atoms with Gasteiger partial charge >= 0.3 is 5.97 Å². The van der Waals surface area contributed by atoms with E-state index >= 15 is 0 Å². The molecule has 0 unspecified atom stereocenters. The maximum absolute atomic E-state index is 12.6. The Morgan fingerprint density at radius 1 is 1.24 bits per heavy atom. The van der Waals surface area contributed by atoms with Crippen LogP contribution in [-0.4, -0.2) is 38.9 Å².